The number of ether oxygens (including phenoxy) is 1. The van der Waals surface area contributed by atoms with Crippen LogP contribution in [0.25, 0.3) is 0 Å². The molecular formula is C17H33NO. The molecule has 1 N–H and O–H groups in total. The molecule has 0 heterocycles. The lowest BCUT2D eigenvalue weighted by atomic mass is 9.55. The third-order valence-electron chi connectivity index (χ3n) is 5.22. The Morgan fingerprint density at radius 1 is 1.16 bits per heavy atom. The summed E-state index contributed by atoms with van der Waals surface area (Å²) in [4.78, 5) is 0. The van der Waals surface area contributed by atoms with Crippen molar-refractivity contribution in [3.8, 4) is 0 Å². The van der Waals surface area contributed by atoms with Crippen molar-refractivity contribution < 1.29 is 4.74 Å². The number of nitrogens with one attached hydrogen (secondary N) is 1. The Kier molecular flexibility index (Phi) is 5.30. The average molecular weight is 267 g/mol. The summed E-state index contributed by atoms with van der Waals surface area (Å²) in [6.07, 6.45) is 10.4. The van der Waals surface area contributed by atoms with Crippen LogP contribution in [-0.2, 0) is 4.74 Å². The van der Waals surface area contributed by atoms with Crippen LogP contribution in [0.4, 0.5) is 0 Å². The third kappa shape index (κ3) is 3.33. The first-order valence-electron chi connectivity index (χ1n) is 8.47. The standard InChI is InChI=1S/C17H33NO/c1-5-18-15-12-16(19-14(4)11-13(2)3)17(15)9-7-6-8-10-17/h13-16,18H,5-12H2,1-4H3. The van der Waals surface area contributed by atoms with Crippen LogP contribution >= 0.6 is 0 Å². The van der Waals surface area contributed by atoms with Crippen molar-refractivity contribution in [2.45, 2.75) is 90.9 Å². The predicted octanol–water partition coefficient (Wildman–Crippen LogP) is 4.14. The van der Waals surface area contributed by atoms with Gasteiger partial charge in [-0.05, 0) is 45.1 Å². The molecule has 0 aromatic carbocycles. The summed E-state index contributed by atoms with van der Waals surface area (Å²) in [5.41, 5.74) is 0.472. The molecule has 2 rings (SSSR count). The van der Waals surface area contributed by atoms with E-state index in [4.69, 9.17) is 4.74 Å². The first kappa shape index (κ1) is 15.3. The molecule has 2 fully saturated rings. The maximum atomic E-state index is 6.43. The van der Waals surface area contributed by atoms with Crippen molar-refractivity contribution in [2.24, 2.45) is 11.3 Å². The molecular weight excluding hydrogens is 234 g/mol. The van der Waals surface area contributed by atoms with Crippen LogP contribution in [0, 0.1) is 11.3 Å². The minimum absolute atomic E-state index is 0.423. The Morgan fingerprint density at radius 2 is 1.84 bits per heavy atom. The quantitative estimate of drug-likeness (QED) is 0.781. The van der Waals surface area contributed by atoms with Crippen molar-refractivity contribution in [1.29, 1.82) is 0 Å². The van der Waals surface area contributed by atoms with Crippen LogP contribution in [0.3, 0.4) is 0 Å². The van der Waals surface area contributed by atoms with E-state index in [1.807, 2.05) is 0 Å². The highest BCUT2D eigenvalue weighted by molar-refractivity contribution is 5.09. The molecule has 0 saturated heterocycles. The van der Waals surface area contributed by atoms with Crippen LogP contribution in [0.5, 0.6) is 0 Å². The highest BCUT2D eigenvalue weighted by Crippen LogP contribution is 2.53. The molecule has 3 unspecified atom stereocenters. The van der Waals surface area contributed by atoms with E-state index in [0.717, 1.165) is 12.5 Å². The summed E-state index contributed by atoms with van der Waals surface area (Å²) in [7, 11) is 0. The smallest absolute Gasteiger partial charge is 0.0664 e. The molecule has 0 aliphatic heterocycles. The highest BCUT2D eigenvalue weighted by Gasteiger charge is 2.55. The van der Waals surface area contributed by atoms with Gasteiger partial charge in [0.15, 0.2) is 0 Å². The lowest BCUT2D eigenvalue weighted by Crippen LogP contribution is -2.65. The zero-order chi connectivity index (χ0) is 13.9. The summed E-state index contributed by atoms with van der Waals surface area (Å²) >= 11 is 0. The lowest BCUT2D eigenvalue weighted by molar-refractivity contribution is -0.175. The topological polar surface area (TPSA) is 21.3 Å². The molecule has 0 aromatic heterocycles. The molecule has 2 nitrogen and oxygen atoms in total. The molecule has 2 aliphatic carbocycles. The zero-order valence-electron chi connectivity index (χ0n) is 13.4. The third-order valence-corrected chi connectivity index (χ3v) is 5.22. The Bertz CT molecular complexity index is 270. The highest BCUT2D eigenvalue weighted by atomic mass is 16.5. The Balaban J connectivity index is 1.93. The first-order valence-corrected chi connectivity index (χ1v) is 8.47. The Morgan fingerprint density at radius 3 is 2.42 bits per heavy atom. The van der Waals surface area contributed by atoms with Gasteiger partial charge in [-0.25, -0.2) is 0 Å². The number of hydrogen-bond acceptors (Lipinski definition) is 2. The van der Waals surface area contributed by atoms with Gasteiger partial charge < -0.3 is 10.1 Å². The van der Waals surface area contributed by atoms with E-state index in [1.165, 1.54) is 44.9 Å². The fourth-order valence-electron chi connectivity index (χ4n) is 4.35. The molecule has 2 aliphatic rings. The van der Waals surface area contributed by atoms with Crippen LogP contribution in [0.15, 0.2) is 0 Å². The molecule has 112 valence electrons. The van der Waals surface area contributed by atoms with Crippen molar-refractivity contribution >= 4 is 0 Å². The number of hydrogen-bond donors (Lipinski definition) is 1. The van der Waals surface area contributed by atoms with E-state index in [-0.39, 0.29) is 0 Å². The first-order chi connectivity index (χ1) is 9.08. The zero-order valence-corrected chi connectivity index (χ0v) is 13.4. The van der Waals surface area contributed by atoms with Crippen molar-refractivity contribution in [2.75, 3.05) is 6.54 Å². The monoisotopic (exact) mass is 267 g/mol. The lowest BCUT2D eigenvalue weighted by Gasteiger charge is -2.58. The van der Waals surface area contributed by atoms with E-state index in [1.54, 1.807) is 0 Å². The van der Waals surface area contributed by atoms with E-state index in [0.29, 0.717) is 23.7 Å². The fourth-order valence-corrected chi connectivity index (χ4v) is 4.35. The van der Waals surface area contributed by atoms with Crippen LogP contribution in [0.2, 0.25) is 0 Å². The van der Waals surface area contributed by atoms with Crippen LogP contribution < -0.4 is 5.32 Å². The van der Waals surface area contributed by atoms with Crippen molar-refractivity contribution in [1.82, 2.24) is 5.32 Å². The minimum atomic E-state index is 0.423. The van der Waals surface area contributed by atoms with Gasteiger partial charge >= 0.3 is 0 Å². The molecule has 2 saturated carbocycles. The predicted molar refractivity (Wildman–Crippen MR) is 81.4 cm³/mol. The molecule has 0 bridgehead atoms. The van der Waals surface area contributed by atoms with Gasteiger partial charge in [0.25, 0.3) is 0 Å². The fraction of sp³-hybridized carbons (Fsp3) is 1.00. The molecule has 19 heavy (non-hydrogen) atoms. The summed E-state index contributed by atoms with van der Waals surface area (Å²) in [5, 5.41) is 3.71. The average Bonchev–Trinajstić information content (AvgIpc) is 2.38. The molecule has 1 spiro atoms. The van der Waals surface area contributed by atoms with Crippen LogP contribution in [-0.4, -0.2) is 24.8 Å². The number of rotatable bonds is 6. The van der Waals surface area contributed by atoms with Gasteiger partial charge in [-0.15, -0.1) is 0 Å². The van der Waals surface area contributed by atoms with Crippen molar-refractivity contribution in [3.05, 3.63) is 0 Å². The summed E-state index contributed by atoms with van der Waals surface area (Å²) in [5.74, 6) is 0.738. The SMILES string of the molecule is CCNC1CC(OC(C)CC(C)C)C12CCCCC2. The minimum Gasteiger partial charge on any atom is -0.375 e. The van der Waals surface area contributed by atoms with E-state index < -0.39 is 0 Å². The Hall–Kier alpha value is -0.0800. The van der Waals surface area contributed by atoms with E-state index in [2.05, 4.69) is 33.0 Å². The molecule has 0 amide bonds. The molecule has 0 radical (unpaired) electrons. The second-order valence-corrected chi connectivity index (χ2v) is 7.20. The summed E-state index contributed by atoms with van der Waals surface area (Å²) in [6, 6.07) is 0.717. The van der Waals surface area contributed by atoms with Gasteiger partial charge in [-0.3, -0.25) is 0 Å². The summed E-state index contributed by atoms with van der Waals surface area (Å²) < 4.78 is 6.43. The maximum Gasteiger partial charge on any atom is 0.0664 e. The second kappa shape index (κ2) is 6.58. The van der Waals surface area contributed by atoms with Gasteiger partial charge in [0, 0.05) is 11.5 Å². The van der Waals surface area contributed by atoms with Crippen molar-refractivity contribution in [3.63, 3.8) is 0 Å². The van der Waals surface area contributed by atoms with Gasteiger partial charge in [-0.2, -0.15) is 0 Å². The van der Waals surface area contributed by atoms with Gasteiger partial charge in [0.1, 0.15) is 0 Å². The molecule has 3 atom stereocenters. The van der Waals surface area contributed by atoms with Gasteiger partial charge in [0.05, 0.1) is 12.2 Å². The van der Waals surface area contributed by atoms with Crippen LogP contribution in [0.1, 0.15) is 72.6 Å². The second-order valence-electron chi connectivity index (χ2n) is 7.20. The van der Waals surface area contributed by atoms with E-state index in [9.17, 15) is 0 Å². The van der Waals surface area contributed by atoms with Gasteiger partial charge in [0.2, 0.25) is 0 Å². The molecule has 2 heteroatoms. The van der Waals surface area contributed by atoms with E-state index >= 15 is 0 Å². The largest absolute Gasteiger partial charge is 0.375 e. The Labute approximate surface area is 119 Å². The normalized spacial score (nSPS) is 31.4. The maximum absolute atomic E-state index is 6.43. The molecule has 0 aromatic rings. The van der Waals surface area contributed by atoms with Gasteiger partial charge in [-0.1, -0.05) is 40.0 Å². The summed E-state index contributed by atoms with van der Waals surface area (Å²) in [6.45, 7) is 10.2.